The fraction of sp³-hybridized carbons (Fsp3) is 0.148. The van der Waals surface area contributed by atoms with Crippen LogP contribution >= 0.6 is 11.8 Å². The van der Waals surface area contributed by atoms with Crippen LogP contribution in [0.25, 0.3) is 27.7 Å². The molecule has 4 nitrogen and oxygen atoms in total. The Labute approximate surface area is 192 Å². The molecule has 0 saturated heterocycles. The van der Waals surface area contributed by atoms with Crippen molar-refractivity contribution in [2.75, 3.05) is 18.2 Å². The minimum atomic E-state index is -0.179. The van der Waals surface area contributed by atoms with Gasteiger partial charge in [-0.1, -0.05) is 42.5 Å². The van der Waals surface area contributed by atoms with Gasteiger partial charge >= 0.3 is 0 Å². The normalized spacial score (nSPS) is 11.5. The molecule has 0 radical (unpaired) electrons. The molecule has 0 aliphatic heterocycles. The van der Waals surface area contributed by atoms with Crippen LogP contribution in [0.5, 0.6) is 5.75 Å². The summed E-state index contributed by atoms with van der Waals surface area (Å²) < 4.78 is 11.7. The topological polar surface area (TPSA) is 51.5 Å². The Kier molecular flexibility index (Phi) is 6.66. The fourth-order valence-electron chi connectivity index (χ4n) is 3.67. The maximum absolute atomic E-state index is 12.8. The monoisotopic (exact) mass is 443 g/mol. The molecule has 0 unspecified atom stereocenters. The van der Waals surface area contributed by atoms with Gasteiger partial charge in [-0.05, 0) is 49.4 Å². The van der Waals surface area contributed by atoms with Crippen LogP contribution in [0.1, 0.15) is 19.4 Å². The molecule has 3 aromatic carbocycles. The molecule has 5 heteroatoms. The number of amides is 1. The molecule has 4 rings (SSSR count). The van der Waals surface area contributed by atoms with Crippen molar-refractivity contribution in [1.29, 1.82) is 0 Å². The average molecular weight is 444 g/mol. The molecule has 0 spiro atoms. The van der Waals surface area contributed by atoms with Gasteiger partial charge in [-0.15, -0.1) is 11.8 Å². The number of rotatable bonds is 7. The summed E-state index contributed by atoms with van der Waals surface area (Å²) in [6, 6.07) is 21.8. The van der Waals surface area contributed by atoms with Crippen molar-refractivity contribution in [1.82, 2.24) is 0 Å². The predicted octanol–water partition coefficient (Wildman–Crippen LogP) is 7.26. The summed E-state index contributed by atoms with van der Waals surface area (Å²) >= 11 is 1.60. The highest BCUT2D eigenvalue weighted by atomic mass is 32.2. The molecule has 0 fully saturated rings. The Hall–Kier alpha value is -3.44. The predicted molar refractivity (Wildman–Crippen MR) is 133 cm³/mol. The lowest BCUT2D eigenvalue weighted by atomic mass is 9.99. The van der Waals surface area contributed by atoms with E-state index in [4.69, 9.17) is 9.15 Å². The van der Waals surface area contributed by atoms with E-state index >= 15 is 0 Å². The van der Waals surface area contributed by atoms with Crippen LogP contribution in [-0.2, 0) is 4.79 Å². The number of anilines is 1. The van der Waals surface area contributed by atoms with E-state index in [1.165, 1.54) is 0 Å². The van der Waals surface area contributed by atoms with Crippen LogP contribution in [0.2, 0.25) is 0 Å². The molecule has 1 N–H and O–H groups in total. The van der Waals surface area contributed by atoms with Gasteiger partial charge in [0.15, 0.2) is 0 Å². The zero-order valence-corrected chi connectivity index (χ0v) is 19.2. The lowest BCUT2D eigenvalue weighted by molar-refractivity contribution is -0.111. The zero-order valence-electron chi connectivity index (χ0n) is 18.3. The average Bonchev–Trinajstić information content (AvgIpc) is 3.22. The molecule has 0 atom stereocenters. The minimum Gasteiger partial charge on any atom is -0.493 e. The molecule has 1 amide bonds. The summed E-state index contributed by atoms with van der Waals surface area (Å²) in [5.74, 6) is 0.516. The summed E-state index contributed by atoms with van der Waals surface area (Å²) in [6.07, 6.45) is 5.37. The fourth-order valence-corrected chi connectivity index (χ4v) is 4.22. The number of hydrogen-bond donors (Lipinski definition) is 1. The van der Waals surface area contributed by atoms with E-state index in [-0.39, 0.29) is 5.91 Å². The maximum atomic E-state index is 12.8. The first-order valence-electron chi connectivity index (χ1n) is 10.5. The molecule has 0 bridgehead atoms. The number of para-hydroxylation sites is 1. The molecule has 162 valence electrons. The third-order valence-corrected chi connectivity index (χ3v) is 5.99. The van der Waals surface area contributed by atoms with Crippen LogP contribution in [0.3, 0.4) is 0 Å². The Morgan fingerprint density at radius 1 is 1.09 bits per heavy atom. The van der Waals surface area contributed by atoms with Crippen molar-refractivity contribution in [3.63, 3.8) is 0 Å². The van der Waals surface area contributed by atoms with Gasteiger partial charge in [0, 0.05) is 33.6 Å². The number of carbonyl (C=O) groups is 1. The third-order valence-electron chi connectivity index (χ3n) is 5.20. The zero-order chi connectivity index (χ0) is 22.5. The summed E-state index contributed by atoms with van der Waals surface area (Å²) in [5, 5.41) is 3.97. The number of furan rings is 1. The van der Waals surface area contributed by atoms with Gasteiger partial charge in [0.05, 0.1) is 18.6 Å². The van der Waals surface area contributed by atoms with E-state index in [9.17, 15) is 4.79 Å². The van der Waals surface area contributed by atoms with Gasteiger partial charge < -0.3 is 14.5 Å². The molecular formula is C27H25NO3S. The number of fused-ring (bicyclic) bond motifs is 1. The van der Waals surface area contributed by atoms with Crippen LogP contribution in [-0.4, -0.2) is 18.8 Å². The molecule has 1 aromatic heterocycles. The van der Waals surface area contributed by atoms with Gasteiger partial charge in [0.25, 0.3) is 0 Å². The molecule has 32 heavy (non-hydrogen) atoms. The number of allylic oxidation sites excluding steroid dienone is 1. The Balaban J connectivity index is 1.72. The second kappa shape index (κ2) is 9.79. The summed E-state index contributed by atoms with van der Waals surface area (Å²) in [7, 11) is 0. The van der Waals surface area contributed by atoms with E-state index < -0.39 is 0 Å². The highest BCUT2D eigenvalue weighted by Gasteiger charge is 2.15. The highest BCUT2D eigenvalue weighted by molar-refractivity contribution is 7.98. The van der Waals surface area contributed by atoms with Crippen molar-refractivity contribution in [3.05, 3.63) is 84.6 Å². The first kappa shape index (κ1) is 21.8. The van der Waals surface area contributed by atoms with Crippen molar-refractivity contribution in [3.8, 4) is 16.9 Å². The van der Waals surface area contributed by atoms with Crippen molar-refractivity contribution in [2.24, 2.45) is 0 Å². The Bertz CT molecular complexity index is 1270. The molecule has 4 aromatic rings. The van der Waals surface area contributed by atoms with E-state index in [2.05, 4.69) is 17.4 Å². The van der Waals surface area contributed by atoms with E-state index in [0.717, 1.165) is 43.8 Å². The largest absolute Gasteiger partial charge is 0.493 e. The highest BCUT2D eigenvalue weighted by Crippen LogP contribution is 2.37. The van der Waals surface area contributed by atoms with Gasteiger partial charge in [-0.3, -0.25) is 4.79 Å². The van der Waals surface area contributed by atoms with Crippen LogP contribution in [0.15, 0.2) is 88.4 Å². The lowest BCUT2D eigenvalue weighted by Gasteiger charge is -2.12. The van der Waals surface area contributed by atoms with Gasteiger partial charge in [0.1, 0.15) is 11.3 Å². The van der Waals surface area contributed by atoms with Crippen molar-refractivity contribution < 1.29 is 13.9 Å². The number of hydrogen-bond acceptors (Lipinski definition) is 4. The van der Waals surface area contributed by atoms with Crippen molar-refractivity contribution in [2.45, 2.75) is 18.7 Å². The van der Waals surface area contributed by atoms with Crippen LogP contribution in [0.4, 0.5) is 5.69 Å². The van der Waals surface area contributed by atoms with E-state index in [1.54, 1.807) is 24.1 Å². The molecule has 0 saturated carbocycles. The third kappa shape index (κ3) is 4.58. The standard InChI is InChI=1S/C27H25NO3S/c1-4-30-24-16-25-21(22(17-31-25)19-10-6-5-7-11-19)15-20(24)18(2)14-27(29)28-23-12-8-9-13-26(23)32-3/h5-17H,4H2,1-3H3,(H,28,29)/b18-14+. The smallest absolute Gasteiger partial charge is 0.248 e. The first-order chi connectivity index (χ1) is 15.6. The van der Waals surface area contributed by atoms with Gasteiger partial charge in [0.2, 0.25) is 5.91 Å². The van der Waals surface area contributed by atoms with Gasteiger partial charge in [-0.25, -0.2) is 0 Å². The first-order valence-corrected chi connectivity index (χ1v) is 11.7. The van der Waals surface area contributed by atoms with E-state index in [1.807, 2.05) is 74.7 Å². The SMILES string of the molecule is CCOc1cc2occ(-c3ccccc3)c2cc1/C(C)=C/C(=O)Nc1ccccc1SC. The number of thioether (sulfide) groups is 1. The Morgan fingerprint density at radius 2 is 1.84 bits per heavy atom. The van der Waals surface area contributed by atoms with Crippen LogP contribution in [0, 0.1) is 0 Å². The molecule has 0 aliphatic rings. The lowest BCUT2D eigenvalue weighted by Crippen LogP contribution is -2.09. The van der Waals surface area contributed by atoms with Crippen molar-refractivity contribution >= 4 is 39.9 Å². The Morgan fingerprint density at radius 3 is 2.59 bits per heavy atom. The second-order valence-electron chi connectivity index (χ2n) is 7.31. The van der Waals surface area contributed by atoms with Crippen LogP contribution < -0.4 is 10.1 Å². The number of benzene rings is 3. The number of nitrogens with one attached hydrogen (secondary N) is 1. The number of carbonyl (C=O) groups excluding carboxylic acids is 1. The number of ether oxygens (including phenoxy) is 1. The summed E-state index contributed by atoms with van der Waals surface area (Å²) in [4.78, 5) is 13.8. The van der Waals surface area contributed by atoms with E-state index in [0.29, 0.717) is 12.4 Å². The second-order valence-corrected chi connectivity index (χ2v) is 8.16. The molecule has 1 heterocycles. The quantitative estimate of drug-likeness (QED) is 0.241. The van der Waals surface area contributed by atoms with Gasteiger partial charge in [-0.2, -0.15) is 0 Å². The minimum absolute atomic E-state index is 0.179. The molecule has 0 aliphatic carbocycles. The summed E-state index contributed by atoms with van der Waals surface area (Å²) in [5.41, 5.74) is 5.32. The maximum Gasteiger partial charge on any atom is 0.248 e. The molecular weight excluding hydrogens is 418 g/mol. The summed E-state index contributed by atoms with van der Waals surface area (Å²) in [6.45, 7) is 4.38.